The molecular formula is C14H20O4. The maximum absolute atomic E-state index is 11.2. The first-order valence-corrected chi connectivity index (χ1v) is 5.99. The Morgan fingerprint density at radius 3 is 2.22 bits per heavy atom. The Hall–Kier alpha value is -1.58. The third kappa shape index (κ3) is 3.45. The van der Waals surface area contributed by atoms with Crippen LogP contribution in [0.1, 0.15) is 34.1 Å². The smallest absolute Gasteiger partial charge is 0.303 e. The number of hydrogen-bond acceptors (Lipinski definition) is 4. The van der Waals surface area contributed by atoms with Crippen LogP contribution in [0.15, 0.2) is 23.8 Å². The predicted octanol–water partition coefficient (Wildman–Crippen LogP) is 2.39. The number of rotatable bonds is 3. The summed E-state index contributed by atoms with van der Waals surface area (Å²) in [4.78, 5) is 22.4. The molecular weight excluding hydrogens is 232 g/mol. The lowest BCUT2D eigenvalue weighted by molar-refractivity contribution is -0.166. The highest BCUT2D eigenvalue weighted by molar-refractivity contribution is 5.68. The van der Waals surface area contributed by atoms with Crippen molar-refractivity contribution in [2.45, 2.75) is 46.3 Å². The van der Waals surface area contributed by atoms with Crippen molar-refractivity contribution in [2.75, 3.05) is 0 Å². The Bertz CT molecular complexity index is 395. The number of hydrogen-bond donors (Lipinski definition) is 0. The van der Waals surface area contributed by atoms with E-state index in [9.17, 15) is 9.59 Å². The van der Waals surface area contributed by atoms with Crippen LogP contribution in [0.2, 0.25) is 0 Å². The van der Waals surface area contributed by atoms with Gasteiger partial charge in [-0.15, -0.1) is 0 Å². The quantitative estimate of drug-likeness (QED) is 0.571. The van der Waals surface area contributed by atoms with Crippen molar-refractivity contribution in [2.24, 2.45) is 5.92 Å². The zero-order chi connectivity index (χ0) is 13.9. The molecule has 0 radical (unpaired) electrons. The van der Waals surface area contributed by atoms with Crippen LogP contribution < -0.4 is 0 Å². The van der Waals surface area contributed by atoms with E-state index in [4.69, 9.17) is 9.47 Å². The molecule has 0 aromatic rings. The van der Waals surface area contributed by atoms with Crippen molar-refractivity contribution in [1.29, 1.82) is 0 Å². The van der Waals surface area contributed by atoms with Crippen molar-refractivity contribution in [3.05, 3.63) is 23.8 Å². The molecule has 4 heteroatoms. The molecule has 0 bridgehead atoms. The van der Waals surface area contributed by atoms with E-state index < -0.39 is 12.2 Å². The van der Waals surface area contributed by atoms with Gasteiger partial charge in [0.2, 0.25) is 0 Å². The summed E-state index contributed by atoms with van der Waals surface area (Å²) >= 11 is 0. The third-order valence-corrected chi connectivity index (χ3v) is 3.07. The third-order valence-electron chi connectivity index (χ3n) is 3.07. The fourth-order valence-electron chi connectivity index (χ4n) is 2.19. The molecule has 0 aliphatic heterocycles. The molecule has 3 atom stereocenters. The molecule has 18 heavy (non-hydrogen) atoms. The van der Waals surface area contributed by atoms with Gasteiger partial charge < -0.3 is 9.47 Å². The van der Waals surface area contributed by atoms with Gasteiger partial charge >= 0.3 is 11.9 Å². The lowest BCUT2D eigenvalue weighted by Gasteiger charge is -2.36. The summed E-state index contributed by atoms with van der Waals surface area (Å²) in [5.41, 5.74) is 1.83. The minimum Gasteiger partial charge on any atom is -0.458 e. The Morgan fingerprint density at radius 2 is 1.78 bits per heavy atom. The molecule has 0 N–H and O–H groups in total. The van der Waals surface area contributed by atoms with E-state index in [1.54, 1.807) is 0 Å². The van der Waals surface area contributed by atoms with Gasteiger partial charge in [0.05, 0.1) is 0 Å². The van der Waals surface area contributed by atoms with Crippen LogP contribution in [0, 0.1) is 5.92 Å². The summed E-state index contributed by atoms with van der Waals surface area (Å²) in [7, 11) is 0. The van der Waals surface area contributed by atoms with Crippen molar-refractivity contribution >= 4 is 11.9 Å². The summed E-state index contributed by atoms with van der Waals surface area (Å²) in [5, 5.41) is 0. The molecule has 1 aliphatic rings. The van der Waals surface area contributed by atoms with Gasteiger partial charge in [0.1, 0.15) is 6.10 Å². The second-order valence-corrected chi connectivity index (χ2v) is 4.74. The zero-order valence-corrected chi connectivity index (χ0v) is 11.4. The minimum absolute atomic E-state index is 0.0121. The lowest BCUT2D eigenvalue weighted by atomic mass is 9.81. The average molecular weight is 252 g/mol. The van der Waals surface area contributed by atoms with E-state index in [2.05, 4.69) is 6.58 Å². The van der Waals surface area contributed by atoms with Gasteiger partial charge in [-0.3, -0.25) is 9.59 Å². The van der Waals surface area contributed by atoms with Crippen LogP contribution in [0.3, 0.4) is 0 Å². The van der Waals surface area contributed by atoms with Crippen LogP contribution >= 0.6 is 0 Å². The molecule has 100 valence electrons. The molecule has 0 unspecified atom stereocenters. The number of carbonyl (C=O) groups excluding carboxylic acids is 2. The Kier molecular flexibility index (Phi) is 4.70. The Morgan fingerprint density at radius 1 is 1.22 bits per heavy atom. The first-order chi connectivity index (χ1) is 8.32. The van der Waals surface area contributed by atoms with E-state index in [1.807, 2.05) is 19.9 Å². The molecule has 0 saturated heterocycles. The molecule has 4 nitrogen and oxygen atoms in total. The highest BCUT2D eigenvalue weighted by atomic mass is 16.6. The maximum Gasteiger partial charge on any atom is 0.303 e. The molecule has 1 aliphatic carbocycles. The molecule has 0 saturated carbocycles. The molecule has 0 fully saturated rings. The Balaban J connectivity index is 3.02. The van der Waals surface area contributed by atoms with Gasteiger partial charge in [-0.05, 0) is 25.8 Å². The first-order valence-electron chi connectivity index (χ1n) is 5.99. The summed E-state index contributed by atoms with van der Waals surface area (Å²) < 4.78 is 10.6. The summed E-state index contributed by atoms with van der Waals surface area (Å²) in [6, 6.07) is 0. The first kappa shape index (κ1) is 14.5. The highest BCUT2D eigenvalue weighted by Crippen LogP contribution is 2.33. The maximum atomic E-state index is 11.2. The highest BCUT2D eigenvalue weighted by Gasteiger charge is 2.38. The van der Waals surface area contributed by atoms with Gasteiger partial charge in [-0.1, -0.05) is 18.2 Å². The SMILES string of the molecule is C=C(C)[C@@H]1CC=C(C)[C@@H](OC(C)=O)[C@@H]1OC(C)=O. The molecule has 0 aromatic carbocycles. The monoisotopic (exact) mass is 252 g/mol. The van der Waals surface area contributed by atoms with E-state index in [0.717, 1.165) is 17.6 Å². The number of allylic oxidation sites excluding steroid dienone is 1. The van der Waals surface area contributed by atoms with Gasteiger partial charge in [0.15, 0.2) is 6.10 Å². The molecule has 1 rings (SSSR count). The summed E-state index contributed by atoms with van der Waals surface area (Å²) in [6.07, 6.45) is 1.76. The number of esters is 2. The van der Waals surface area contributed by atoms with E-state index in [1.165, 1.54) is 13.8 Å². The van der Waals surface area contributed by atoms with Gasteiger partial charge in [-0.25, -0.2) is 0 Å². The molecule has 0 aromatic heterocycles. The van der Waals surface area contributed by atoms with Crippen LogP contribution in [0.25, 0.3) is 0 Å². The summed E-state index contributed by atoms with van der Waals surface area (Å²) in [6.45, 7) is 10.4. The fourth-order valence-corrected chi connectivity index (χ4v) is 2.19. The van der Waals surface area contributed by atoms with E-state index in [0.29, 0.717) is 0 Å². The topological polar surface area (TPSA) is 52.6 Å². The van der Waals surface area contributed by atoms with Crippen LogP contribution in [0.4, 0.5) is 0 Å². The number of ether oxygens (including phenoxy) is 2. The Labute approximate surface area is 108 Å². The molecule has 0 spiro atoms. The van der Waals surface area contributed by atoms with Crippen molar-refractivity contribution in [1.82, 2.24) is 0 Å². The second-order valence-electron chi connectivity index (χ2n) is 4.74. The van der Waals surface area contributed by atoms with Crippen molar-refractivity contribution in [3.63, 3.8) is 0 Å². The second kappa shape index (κ2) is 5.85. The minimum atomic E-state index is -0.512. The van der Waals surface area contributed by atoms with Crippen molar-refractivity contribution in [3.8, 4) is 0 Å². The standard InChI is InChI=1S/C14H20O4/c1-8(2)12-7-6-9(3)13(17-10(4)15)14(12)18-11(5)16/h6,12-14H,1,7H2,2-5H3/t12-,13+,14+/m0/s1. The van der Waals surface area contributed by atoms with Crippen LogP contribution in [-0.2, 0) is 19.1 Å². The largest absolute Gasteiger partial charge is 0.458 e. The van der Waals surface area contributed by atoms with Gasteiger partial charge in [0.25, 0.3) is 0 Å². The van der Waals surface area contributed by atoms with E-state index >= 15 is 0 Å². The normalized spacial score (nSPS) is 27.1. The predicted molar refractivity (Wildman–Crippen MR) is 67.8 cm³/mol. The molecule has 0 amide bonds. The average Bonchev–Trinajstić information content (AvgIpc) is 2.21. The van der Waals surface area contributed by atoms with Crippen LogP contribution in [0.5, 0.6) is 0 Å². The zero-order valence-electron chi connectivity index (χ0n) is 11.4. The van der Waals surface area contributed by atoms with E-state index in [-0.39, 0.29) is 17.9 Å². The van der Waals surface area contributed by atoms with Crippen molar-refractivity contribution < 1.29 is 19.1 Å². The molecule has 0 heterocycles. The summed E-state index contributed by atoms with van der Waals surface area (Å²) in [5.74, 6) is -0.771. The number of carbonyl (C=O) groups is 2. The van der Waals surface area contributed by atoms with Gasteiger partial charge in [-0.2, -0.15) is 0 Å². The van der Waals surface area contributed by atoms with Crippen LogP contribution in [-0.4, -0.2) is 24.1 Å². The fraction of sp³-hybridized carbons (Fsp3) is 0.571. The lowest BCUT2D eigenvalue weighted by Crippen LogP contribution is -2.43. The van der Waals surface area contributed by atoms with Gasteiger partial charge in [0, 0.05) is 19.8 Å².